The Bertz CT molecular complexity index is 1160. The fraction of sp³-hybridized carbons (Fsp3) is 0.0370. The molecule has 148 valence electrons. The van der Waals surface area contributed by atoms with E-state index in [4.69, 9.17) is 20.0 Å². The van der Waals surface area contributed by atoms with Crippen LogP contribution >= 0.6 is 0 Å². The lowest BCUT2D eigenvalue weighted by molar-refractivity contribution is 0.507. The van der Waals surface area contributed by atoms with Crippen LogP contribution in [0.5, 0.6) is 11.5 Å². The van der Waals surface area contributed by atoms with E-state index in [1.165, 1.54) is 5.56 Å². The second kappa shape index (κ2) is 9.31. The Balaban J connectivity index is 1.73. The lowest BCUT2D eigenvalue weighted by Crippen LogP contribution is -2.03. The molecule has 0 aliphatic carbocycles. The molecular weight excluding hydrogens is 384 g/mol. The van der Waals surface area contributed by atoms with E-state index in [1.807, 2.05) is 42.5 Å². The summed E-state index contributed by atoms with van der Waals surface area (Å²) in [6.07, 6.45) is 3.39. The van der Waals surface area contributed by atoms with Gasteiger partial charge in [-0.05, 0) is 52.1 Å². The van der Waals surface area contributed by atoms with Crippen LogP contribution in [0, 0.1) is 23.0 Å². The van der Waals surface area contributed by atoms with E-state index >= 15 is 0 Å². The average Bonchev–Trinajstić information content (AvgIpc) is 2.83. The Kier molecular flexibility index (Phi) is 5.93. The third-order valence-corrected chi connectivity index (χ3v) is 5.10. The van der Waals surface area contributed by atoms with Crippen molar-refractivity contribution in [3.8, 4) is 35.1 Å². The van der Waals surface area contributed by atoms with Crippen LogP contribution in [-0.4, -0.2) is 0 Å². The summed E-state index contributed by atoms with van der Waals surface area (Å²) in [5.74, 6) is 0.974. The quantitative estimate of drug-likeness (QED) is 0.282. The van der Waals surface area contributed by atoms with Crippen molar-refractivity contribution in [3.63, 3.8) is 0 Å². The zero-order chi connectivity index (χ0) is 21.5. The van der Waals surface area contributed by atoms with Crippen molar-refractivity contribution in [1.29, 1.82) is 10.5 Å². The first-order valence-corrected chi connectivity index (χ1v) is 9.75. The van der Waals surface area contributed by atoms with Gasteiger partial charge in [-0.2, -0.15) is 0 Å². The maximum atomic E-state index is 8.74. The second-order valence-corrected chi connectivity index (χ2v) is 6.95. The van der Waals surface area contributed by atoms with E-state index < -0.39 is 0 Å². The Morgan fingerprint density at radius 1 is 0.484 bits per heavy atom. The molecule has 0 N–H and O–H groups in total. The summed E-state index contributed by atoms with van der Waals surface area (Å²) in [5, 5.41) is 17.5. The molecule has 31 heavy (non-hydrogen) atoms. The zero-order valence-electron chi connectivity index (χ0n) is 16.6. The van der Waals surface area contributed by atoms with Crippen molar-refractivity contribution < 1.29 is 9.47 Å². The van der Waals surface area contributed by atoms with Crippen LogP contribution < -0.4 is 9.47 Å². The van der Waals surface area contributed by atoms with Crippen molar-refractivity contribution in [1.82, 2.24) is 0 Å². The summed E-state index contributed by atoms with van der Waals surface area (Å²) in [6.45, 7) is 0. The minimum atomic E-state index is -0.0305. The highest BCUT2D eigenvalue weighted by atomic mass is 16.5. The molecule has 4 nitrogen and oxygen atoms in total. The normalized spacial score (nSPS) is 10.2. The number of hydrogen-bond donors (Lipinski definition) is 0. The molecule has 0 unspecified atom stereocenters. The van der Waals surface area contributed by atoms with Crippen molar-refractivity contribution in [2.75, 3.05) is 0 Å². The highest BCUT2D eigenvalue weighted by Crippen LogP contribution is 2.34. The van der Waals surface area contributed by atoms with Gasteiger partial charge in [-0.1, -0.05) is 78.9 Å². The van der Waals surface area contributed by atoms with Gasteiger partial charge < -0.3 is 9.47 Å². The van der Waals surface area contributed by atoms with Gasteiger partial charge in [-0.3, -0.25) is 0 Å². The second-order valence-electron chi connectivity index (χ2n) is 6.95. The van der Waals surface area contributed by atoms with Gasteiger partial charge in [0.25, 0.3) is 12.5 Å². The maximum Gasteiger partial charge on any atom is 0.292 e. The monoisotopic (exact) mass is 402 g/mol. The summed E-state index contributed by atoms with van der Waals surface area (Å²) < 4.78 is 9.84. The minimum absolute atomic E-state index is 0.0305. The van der Waals surface area contributed by atoms with Crippen LogP contribution in [0.1, 0.15) is 22.6 Å². The van der Waals surface area contributed by atoms with E-state index in [9.17, 15) is 0 Å². The number of nitriles is 2. The molecule has 0 aliphatic rings. The van der Waals surface area contributed by atoms with Gasteiger partial charge >= 0.3 is 0 Å². The molecule has 4 aromatic carbocycles. The van der Waals surface area contributed by atoms with Crippen LogP contribution in [0.2, 0.25) is 0 Å². The summed E-state index contributed by atoms with van der Waals surface area (Å²) in [6, 6.07) is 33.8. The topological polar surface area (TPSA) is 66.0 Å². The smallest absolute Gasteiger partial charge is 0.292 e. The van der Waals surface area contributed by atoms with Crippen LogP contribution in [0.15, 0.2) is 103 Å². The van der Waals surface area contributed by atoms with E-state index in [-0.39, 0.29) is 5.92 Å². The molecule has 0 radical (unpaired) electrons. The van der Waals surface area contributed by atoms with E-state index in [0.29, 0.717) is 11.5 Å². The number of hydrogen-bond acceptors (Lipinski definition) is 4. The molecule has 0 amide bonds. The van der Waals surface area contributed by atoms with Crippen LogP contribution in [0.3, 0.4) is 0 Å². The number of ether oxygens (including phenoxy) is 2. The van der Waals surface area contributed by atoms with Crippen LogP contribution in [0.4, 0.5) is 0 Å². The third kappa shape index (κ3) is 4.56. The van der Waals surface area contributed by atoms with Gasteiger partial charge in [0.05, 0.1) is 0 Å². The standard InChI is InChI=1S/C27H18N2O2/c28-18-30-25-14-10-23(11-15-25)27(24-12-16-26(17-13-24)31-19-29)22-8-6-21(7-9-22)20-4-2-1-3-5-20/h1-17,27H. The van der Waals surface area contributed by atoms with E-state index in [1.54, 1.807) is 36.8 Å². The molecule has 0 heterocycles. The van der Waals surface area contributed by atoms with Crippen LogP contribution in [0.25, 0.3) is 11.1 Å². The fourth-order valence-electron chi connectivity index (χ4n) is 3.64. The molecule has 0 saturated heterocycles. The molecule has 0 spiro atoms. The molecule has 4 aromatic rings. The third-order valence-electron chi connectivity index (χ3n) is 5.10. The number of benzene rings is 4. The van der Waals surface area contributed by atoms with Crippen molar-refractivity contribution in [3.05, 3.63) is 120 Å². The predicted molar refractivity (Wildman–Crippen MR) is 118 cm³/mol. The van der Waals surface area contributed by atoms with Crippen molar-refractivity contribution in [2.45, 2.75) is 5.92 Å². The van der Waals surface area contributed by atoms with Crippen molar-refractivity contribution in [2.24, 2.45) is 0 Å². The molecule has 0 aromatic heterocycles. The predicted octanol–water partition coefficient (Wildman–Crippen LogP) is 6.25. The first-order chi connectivity index (χ1) is 15.3. The number of nitrogens with zero attached hydrogens (tertiary/aromatic N) is 2. The van der Waals surface area contributed by atoms with Gasteiger partial charge in [0.2, 0.25) is 0 Å². The first-order valence-electron chi connectivity index (χ1n) is 9.75. The minimum Gasteiger partial charge on any atom is -0.388 e. The number of rotatable bonds is 6. The van der Waals surface area contributed by atoms with E-state index in [0.717, 1.165) is 22.3 Å². The first kappa shape index (κ1) is 19.8. The summed E-state index contributed by atoms with van der Waals surface area (Å²) >= 11 is 0. The van der Waals surface area contributed by atoms with Gasteiger partial charge in [-0.25, -0.2) is 0 Å². The highest BCUT2D eigenvalue weighted by Gasteiger charge is 2.17. The molecule has 4 heteroatoms. The lowest BCUT2D eigenvalue weighted by atomic mass is 9.84. The van der Waals surface area contributed by atoms with Gasteiger partial charge in [-0.15, -0.1) is 10.5 Å². The van der Waals surface area contributed by atoms with Gasteiger partial charge in [0, 0.05) is 5.92 Å². The van der Waals surface area contributed by atoms with Crippen molar-refractivity contribution >= 4 is 0 Å². The molecule has 0 saturated carbocycles. The molecular formula is C27H18N2O2. The summed E-state index contributed by atoms with van der Waals surface area (Å²) in [4.78, 5) is 0. The SMILES string of the molecule is N#COc1ccc(C(c2ccc(OC#N)cc2)c2ccc(-c3ccccc3)cc2)cc1. The Hall–Kier alpha value is -4.54. The zero-order valence-corrected chi connectivity index (χ0v) is 16.6. The molecule has 0 fully saturated rings. The Morgan fingerprint density at radius 2 is 0.871 bits per heavy atom. The van der Waals surface area contributed by atoms with Gasteiger partial charge in [0.15, 0.2) is 0 Å². The fourth-order valence-corrected chi connectivity index (χ4v) is 3.64. The largest absolute Gasteiger partial charge is 0.388 e. The Morgan fingerprint density at radius 3 is 1.29 bits per heavy atom. The maximum absolute atomic E-state index is 8.74. The molecule has 4 rings (SSSR count). The van der Waals surface area contributed by atoms with Gasteiger partial charge in [0.1, 0.15) is 11.5 Å². The highest BCUT2D eigenvalue weighted by molar-refractivity contribution is 5.64. The molecule has 0 aliphatic heterocycles. The summed E-state index contributed by atoms with van der Waals surface area (Å²) in [7, 11) is 0. The van der Waals surface area contributed by atoms with E-state index in [2.05, 4.69) is 36.4 Å². The molecule has 0 atom stereocenters. The van der Waals surface area contributed by atoms with Crippen LogP contribution in [-0.2, 0) is 0 Å². The Labute approximate surface area is 181 Å². The molecule has 0 bridgehead atoms. The summed E-state index contributed by atoms with van der Waals surface area (Å²) in [5.41, 5.74) is 5.57. The lowest BCUT2D eigenvalue weighted by Gasteiger charge is -2.20. The average molecular weight is 402 g/mol.